The molecule has 150 valence electrons. The highest BCUT2D eigenvalue weighted by atomic mass is 16.5. The molecule has 6 nitrogen and oxygen atoms in total. The van der Waals surface area contributed by atoms with Crippen molar-refractivity contribution in [3.63, 3.8) is 0 Å². The molecular weight excluding hydrogens is 356 g/mol. The van der Waals surface area contributed by atoms with E-state index in [1.165, 1.54) is 6.92 Å². The Hall–Kier alpha value is -3.02. The molecule has 0 aromatic heterocycles. The highest BCUT2D eigenvalue weighted by Gasteiger charge is 2.12. The monoisotopic (exact) mass is 384 g/mol. The van der Waals surface area contributed by atoms with Crippen LogP contribution in [0.4, 0.5) is 0 Å². The Morgan fingerprint density at radius 1 is 1.00 bits per heavy atom. The number of methoxy groups -OCH3 is 2. The van der Waals surface area contributed by atoms with Crippen molar-refractivity contribution in [2.45, 2.75) is 26.8 Å². The van der Waals surface area contributed by atoms with Crippen LogP contribution in [-0.4, -0.2) is 44.0 Å². The first kappa shape index (κ1) is 21.3. The van der Waals surface area contributed by atoms with Gasteiger partial charge in [0.2, 0.25) is 11.8 Å². The Balaban J connectivity index is 1.89. The maximum Gasteiger partial charge on any atom is 0.224 e. The minimum atomic E-state index is -0.0554. The van der Waals surface area contributed by atoms with Crippen LogP contribution in [0.25, 0.3) is 0 Å². The van der Waals surface area contributed by atoms with Gasteiger partial charge in [0.1, 0.15) is 0 Å². The van der Waals surface area contributed by atoms with Crippen LogP contribution in [0.1, 0.15) is 23.6 Å². The summed E-state index contributed by atoms with van der Waals surface area (Å²) in [5.41, 5.74) is 3.04. The molecule has 2 aromatic rings. The largest absolute Gasteiger partial charge is 0.493 e. The number of nitrogens with one attached hydrogen (secondary N) is 1. The molecule has 0 spiro atoms. The minimum absolute atomic E-state index is 0.0530. The molecule has 6 heteroatoms. The highest BCUT2D eigenvalue weighted by molar-refractivity contribution is 5.78. The lowest BCUT2D eigenvalue weighted by molar-refractivity contribution is -0.130. The van der Waals surface area contributed by atoms with Gasteiger partial charge >= 0.3 is 0 Å². The summed E-state index contributed by atoms with van der Waals surface area (Å²) >= 11 is 0. The number of carbonyl (C=O) groups is 2. The highest BCUT2D eigenvalue weighted by Crippen LogP contribution is 2.28. The van der Waals surface area contributed by atoms with E-state index in [-0.39, 0.29) is 11.8 Å². The van der Waals surface area contributed by atoms with Gasteiger partial charge in [0, 0.05) is 26.6 Å². The van der Waals surface area contributed by atoms with Gasteiger partial charge in [-0.25, -0.2) is 0 Å². The molecule has 0 saturated heterocycles. The van der Waals surface area contributed by atoms with E-state index in [0.29, 0.717) is 37.6 Å². The molecule has 2 rings (SSSR count). The topological polar surface area (TPSA) is 67.9 Å². The van der Waals surface area contributed by atoms with E-state index >= 15 is 0 Å². The number of carbonyl (C=O) groups excluding carboxylic acids is 2. The molecule has 0 unspecified atom stereocenters. The number of aryl methyl sites for hydroxylation is 1. The minimum Gasteiger partial charge on any atom is -0.493 e. The van der Waals surface area contributed by atoms with Crippen molar-refractivity contribution in [1.29, 1.82) is 0 Å². The number of ether oxygens (including phenoxy) is 2. The second kappa shape index (κ2) is 10.3. The summed E-state index contributed by atoms with van der Waals surface area (Å²) in [6, 6.07) is 13.4. The van der Waals surface area contributed by atoms with Crippen LogP contribution in [0.3, 0.4) is 0 Å². The molecule has 0 bridgehead atoms. The van der Waals surface area contributed by atoms with Crippen LogP contribution in [0.5, 0.6) is 11.5 Å². The third-order valence-corrected chi connectivity index (χ3v) is 4.42. The molecule has 0 atom stereocenters. The molecule has 1 N–H and O–H groups in total. The summed E-state index contributed by atoms with van der Waals surface area (Å²) in [6.07, 6.45) is 0.331. The molecule has 0 fully saturated rings. The fraction of sp³-hybridized carbons (Fsp3) is 0.364. The van der Waals surface area contributed by atoms with Gasteiger partial charge in [-0.1, -0.05) is 35.9 Å². The van der Waals surface area contributed by atoms with Crippen LogP contribution < -0.4 is 14.8 Å². The van der Waals surface area contributed by atoms with Gasteiger partial charge in [0.25, 0.3) is 0 Å². The number of hydrogen-bond acceptors (Lipinski definition) is 4. The molecule has 0 aliphatic carbocycles. The Bertz CT molecular complexity index is 820. The number of nitrogens with zero attached hydrogens (tertiary/aromatic N) is 1. The maximum atomic E-state index is 12.1. The third-order valence-electron chi connectivity index (χ3n) is 4.42. The smallest absolute Gasteiger partial charge is 0.224 e. The van der Waals surface area contributed by atoms with Crippen LogP contribution >= 0.6 is 0 Å². The quantitative estimate of drug-likeness (QED) is 0.722. The lowest BCUT2D eigenvalue weighted by Crippen LogP contribution is -2.37. The van der Waals surface area contributed by atoms with Crippen LogP contribution in [0.2, 0.25) is 0 Å². The lowest BCUT2D eigenvalue weighted by Gasteiger charge is -2.22. The van der Waals surface area contributed by atoms with E-state index in [0.717, 1.165) is 16.7 Å². The van der Waals surface area contributed by atoms with E-state index in [2.05, 4.69) is 5.32 Å². The first-order valence-corrected chi connectivity index (χ1v) is 9.21. The van der Waals surface area contributed by atoms with Crippen molar-refractivity contribution in [2.24, 2.45) is 0 Å². The fourth-order valence-corrected chi connectivity index (χ4v) is 2.95. The summed E-state index contributed by atoms with van der Waals surface area (Å²) in [5, 5.41) is 2.89. The van der Waals surface area contributed by atoms with Crippen molar-refractivity contribution < 1.29 is 19.1 Å². The summed E-state index contributed by atoms with van der Waals surface area (Å²) in [4.78, 5) is 25.8. The molecule has 0 radical (unpaired) electrons. The molecule has 0 aliphatic heterocycles. The lowest BCUT2D eigenvalue weighted by atomic mass is 10.1. The molecule has 28 heavy (non-hydrogen) atoms. The van der Waals surface area contributed by atoms with Gasteiger partial charge < -0.3 is 19.7 Å². The molecular formula is C22H28N2O4. The second-order valence-electron chi connectivity index (χ2n) is 6.65. The summed E-state index contributed by atoms with van der Waals surface area (Å²) in [7, 11) is 3.16. The predicted octanol–water partition coefficient (Wildman–Crippen LogP) is 2.72. The zero-order valence-electron chi connectivity index (χ0n) is 17.0. The average molecular weight is 384 g/mol. The van der Waals surface area contributed by atoms with Crippen molar-refractivity contribution in [1.82, 2.24) is 10.2 Å². The van der Waals surface area contributed by atoms with Gasteiger partial charge in [-0.3, -0.25) is 9.59 Å². The zero-order chi connectivity index (χ0) is 20.5. The zero-order valence-corrected chi connectivity index (χ0v) is 17.0. The standard InChI is InChI=1S/C22H28N2O4/c1-16-6-5-7-18(12-16)14-22(26)23-10-11-24(17(2)25)15-19-8-9-20(27-3)21(13-19)28-4/h5-9,12-13H,10-11,14-15H2,1-4H3,(H,23,26). The van der Waals surface area contributed by atoms with Crippen LogP contribution in [0, 0.1) is 6.92 Å². The van der Waals surface area contributed by atoms with Gasteiger partial charge in [-0.05, 0) is 30.2 Å². The van der Waals surface area contributed by atoms with Crippen LogP contribution in [0.15, 0.2) is 42.5 Å². The molecule has 0 heterocycles. The summed E-state index contributed by atoms with van der Waals surface area (Å²) < 4.78 is 10.5. The van der Waals surface area contributed by atoms with Crippen molar-refractivity contribution in [2.75, 3.05) is 27.3 Å². The van der Waals surface area contributed by atoms with E-state index in [9.17, 15) is 9.59 Å². The first-order valence-electron chi connectivity index (χ1n) is 9.21. The van der Waals surface area contributed by atoms with Gasteiger partial charge in [0.05, 0.1) is 20.6 Å². The van der Waals surface area contributed by atoms with Crippen molar-refractivity contribution >= 4 is 11.8 Å². The van der Waals surface area contributed by atoms with Gasteiger partial charge in [-0.2, -0.15) is 0 Å². The fourth-order valence-electron chi connectivity index (χ4n) is 2.95. The molecule has 2 aromatic carbocycles. The second-order valence-corrected chi connectivity index (χ2v) is 6.65. The summed E-state index contributed by atoms with van der Waals surface area (Å²) in [5.74, 6) is 1.15. The van der Waals surface area contributed by atoms with Crippen molar-refractivity contribution in [3.8, 4) is 11.5 Å². The third kappa shape index (κ3) is 6.30. The SMILES string of the molecule is COc1ccc(CN(CCNC(=O)Cc2cccc(C)c2)C(C)=O)cc1OC. The number of amides is 2. The average Bonchev–Trinajstić information content (AvgIpc) is 2.66. The van der Waals surface area contributed by atoms with E-state index in [4.69, 9.17) is 9.47 Å². The van der Waals surface area contributed by atoms with E-state index in [1.807, 2.05) is 49.4 Å². The van der Waals surface area contributed by atoms with Gasteiger partial charge in [0.15, 0.2) is 11.5 Å². The number of rotatable bonds is 9. The molecule has 0 saturated carbocycles. The van der Waals surface area contributed by atoms with Crippen LogP contribution in [-0.2, 0) is 22.6 Å². The number of hydrogen-bond donors (Lipinski definition) is 1. The van der Waals surface area contributed by atoms with E-state index in [1.54, 1.807) is 19.1 Å². The Morgan fingerprint density at radius 2 is 1.75 bits per heavy atom. The Morgan fingerprint density at radius 3 is 2.39 bits per heavy atom. The first-order chi connectivity index (χ1) is 13.4. The van der Waals surface area contributed by atoms with Gasteiger partial charge in [-0.15, -0.1) is 0 Å². The van der Waals surface area contributed by atoms with E-state index < -0.39 is 0 Å². The molecule has 2 amide bonds. The predicted molar refractivity (Wildman–Crippen MR) is 109 cm³/mol. The summed E-state index contributed by atoms with van der Waals surface area (Å²) in [6.45, 7) is 4.79. The van der Waals surface area contributed by atoms with Crippen molar-refractivity contribution in [3.05, 3.63) is 59.2 Å². The Labute approximate surface area is 166 Å². The Kier molecular flexibility index (Phi) is 7.87. The molecule has 0 aliphatic rings. The normalized spacial score (nSPS) is 10.3. The maximum absolute atomic E-state index is 12.1. The number of benzene rings is 2.